The maximum atomic E-state index is 9.04. The number of aliphatic hydroxyl groups is 1. The fourth-order valence-corrected chi connectivity index (χ4v) is 2.52. The first-order valence-electron chi connectivity index (χ1n) is 5.92. The highest BCUT2D eigenvalue weighted by atomic mass is 32.1. The summed E-state index contributed by atoms with van der Waals surface area (Å²) in [6.07, 6.45) is 0. The second-order valence-corrected chi connectivity index (χ2v) is 4.91. The number of hydrogen-bond acceptors (Lipinski definition) is 5. The third kappa shape index (κ3) is 2.54. The van der Waals surface area contributed by atoms with Gasteiger partial charge in [-0.2, -0.15) is 9.47 Å². The van der Waals surface area contributed by atoms with Gasteiger partial charge in [-0.3, -0.25) is 0 Å². The van der Waals surface area contributed by atoms with Crippen LogP contribution in [0.5, 0.6) is 0 Å². The third-order valence-electron chi connectivity index (χ3n) is 3.03. The molecule has 0 aliphatic rings. The van der Waals surface area contributed by atoms with Crippen LogP contribution in [0.2, 0.25) is 0 Å². The number of aryl methyl sites for hydroxylation is 2. The Bertz CT molecular complexity index is 532. The molecule has 0 spiro atoms. The molecule has 0 unspecified atom stereocenters. The quantitative estimate of drug-likeness (QED) is 0.867. The number of nitrogens with zero attached hydrogens (tertiary/aromatic N) is 3. The van der Waals surface area contributed by atoms with Crippen LogP contribution in [-0.4, -0.2) is 25.9 Å². The second-order valence-electron chi connectivity index (χ2n) is 4.28. The first-order valence-corrected chi connectivity index (χ1v) is 6.75. The molecule has 0 bridgehead atoms. The molecular weight excluding hydrogens is 248 g/mol. The molecule has 2 heterocycles. The van der Waals surface area contributed by atoms with E-state index in [1.54, 1.807) is 0 Å². The topological polar surface area (TPSA) is 63.0 Å². The Hall–Kier alpha value is -1.40. The summed E-state index contributed by atoms with van der Waals surface area (Å²) < 4.78 is 6.07. The lowest BCUT2D eigenvalue weighted by atomic mass is 10.2. The molecule has 0 amide bonds. The molecule has 0 aromatic carbocycles. The van der Waals surface area contributed by atoms with Crippen LogP contribution in [0, 0.1) is 20.8 Å². The lowest BCUT2D eigenvalue weighted by Crippen LogP contribution is -2.11. The molecule has 6 heteroatoms. The molecule has 2 N–H and O–H groups in total. The van der Waals surface area contributed by atoms with Gasteiger partial charge >= 0.3 is 0 Å². The standard InChI is InChI=1S/C12H18N4OS/c1-8-9(2)14-16(4-5-17)12(8)13-6-11-7-18-15-10(11)3/h7,13,17H,4-6H2,1-3H3. The van der Waals surface area contributed by atoms with Crippen molar-refractivity contribution in [1.82, 2.24) is 14.2 Å². The van der Waals surface area contributed by atoms with Gasteiger partial charge in [0.15, 0.2) is 0 Å². The van der Waals surface area contributed by atoms with Gasteiger partial charge in [-0.05, 0) is 32.3 Å². The molecule has 0 aliphatic carbocycles. The van der Waals surface area contributed by atoms with Crippen LogP contribution in [0.25, 0.3) is 0 Å². The van der Waals surface area contributed by atoms with Gasteiger partial charge in [0, 0.05) is 23.1 Å². The van der Waals surface area contributed by atoms with Gasteiger partial charge in [0.1, 0.15) is 5.82 Å². The molecular formula is C12H18N4OS. The highest BCUT2D eigenvalue weighted by Gasteiger charge is 2.11. The van der Waals surface area contributed by atoms with Crippen molar-refractivity contribution in [3.63, 3.8) is 0 Å². The third-order valence-corrected chi connectivity index (χ3v) is 3.80. The molecule has 98 valence electrons. The first-order chi connectivity index (χ1) is 8.63. The number of anilines is 1. The molecule has 0 aliphatic heterocycles. The Morgan fingerprint density at radius 1 is 1.33 bits per heavy atom. The Labute approximate surface area is 111 Å². The van der Waals surface area contributed by atoms with Crippen LogP contribution in [0.4, 0.5) is 5.82 Å². The van der Waals surface area contributed by atoms with E-state index in [4.69, 9.17) is 5.11 Å². The molecule has 0 saturated heterocycles. The Balaban J connectivity index is 2.15. The number of nitrogens with one attached hydrogen (secondary N) is 1. The van der Waals surface area contributed by atoms with Crippen LogP contribution in [0.15, 0.2) is 5.38 Å². The summed E-state index contributed by atoms with van der Waals surface area (Å²) in [7, 11) is 0. The van der Waals surface area contributed by atoms with Crippen molar-refractivity contribution in [3.8, 4) is 0 Å². The zero-order valence-electron chi connectivity index (χ0n) is 10.9. The number of rotatable bonds is 5. The fraction of sp³-hybridized carbons (Fsp3) is 0.500. The predicted octanol–water partition coefficient (Wildman–Crippen LogP) is 1.87. The maximum absolute atomic E-state index is 9.04. The van der Waals surface area contributed by atoms with E-state index in [-0.39, 0.29) is 6.61 Å². The van der Waals surface area contributed by atoms with Crippen molar-refractivity contribution in [2.45, 2.75) is 33.9 Å². The van der Waals surface area contributed by atoms with Gasteiger partial charge in [0.05, 0.1) is 24.5 Å². The van der Waals surface area contributed by atoms with Crippen molar-refractivity contribution in [2.75, 3.05) is 11.9 Å². The van der Waals surface area contributed by atoms with E-state index in [1.807, 2.05) is 25.5 Å². The fourth-order valence-electron chi connectivity index (χ4n) is 1.81. The minimum atomic E-state index is 0.0915. The Kier molecular flexibility index (Phi) is 3.98. The van der Waals surface area contributed by atoms with Crippen LogP contribution < -0.4 is 5.32 Å². The molecule has 0 fully saturated rings. The second kappa shape index (κ2) is 5.49. The molecule has 0 radical (unpaired) electrons. The van der Waals surface area contributed by atoms with Gasteiger partial charge in [-0.1, -0.05) is 0 Å². The highest BCUT2D eigenvalue weighted by molar-refractivity contribution is 7.03. The van der Waals surface area contributed by atoms with Crippen LogP contribution >= 0.6 is 11.5 Å². The number of aliphatic hydroxyl groups excluding tert-OH is 1. The lowest BCUT2D eigenvalue weighted by molar-refractivity contribution is 0.270. The average molecular weight is 266 g/mol. The van der Waals surface area contributed by atoms with E-state index in [0.29, 0.717) is 6.54 Å². The largest absolute Gasteiger partial charge is 0.394 e. The van der Waals surface area contributed by atoms with Crippen molar-refractivity contribution in [2.24, 2.45) is 0 Å². The molecule has 0 atom stereocenters. The van der Waals surface area contributed by atoms with Gasteiger partial charge in [0.2, 0.25) is 0 Å². The van der Waals surface area contributed by atoms with Crippen molar-refractivity contribution in [3.05, 3.63) is 27.9 Å². The summed E-state index contributed by atoms with van der Waals surface area (Å²) in [5.74, 6) is 0.979. The summed E-state index contributed by atoms with van der Waals surface area (Å²) >= 11 is 1.47. The van der Waals surface area contributed by atoms with Gasteiger partial charge < -0.3 is 10.4 Å². The lowest BCUT2D eigenvalue weighted by Gasteiger charge is -2.09. The molecule has 2 rings (SSSR count). The Morgan fingerprint density at radius 3 is 2.72 bits per heavy atom. The van der Waals surface area contributed by atoms with E-state index in [9.17, 15) is 0 Å². The van der Waals surface area contributed by atoms with Crippen LogP contribution in [0.1, 0.15) is 22.5 Å². The molecule has 5 nitrogen and oxygen atoms in total. The number of hydrogen-bond donors (Lipinski definition) is 2. The maximum Gasteiger partial charge on any atom is 0.127 e. The van der Waals surface area contributed by atoms with Gasteiger partial charge in [-0.25, -0.2) is 4.68 Å². The van der Waals surface area contributed by atoms with E-state index < -0.39 is 0 Å². The average Bonchev–Trinajstić information content (AvgIpc) is 2.85. The smallest absolute Gasteiger partial charge is 0.127 e. The highest BCUT2D eigenvalue weighted by Crippen LogP contribution is 2.20. The SMILES string of the molecule is Cc1nscc1CNc1c(C)c(C)nn1CCO. The summed E-state index contributed by atoms with van der Waals surface area (Å²) in [4.78, 5) is 0. The summed E-state index contributed by atoms with van der Waals surface area (Å²) in [6.45, 7) is 7.37. The van der Waals surface area contributed by atoms with E-state index in [0.717, 1.165) is 29.3 Å². The van der Waals surface area contributed by atoms with Gasteiger partial charge in [-0.15, -0.1) is 0 Å². The molecule has 0 saturated carbocycles. The van der Waals surface area contributed by atoms with Crippen molar-refractivity contribution in [1.29, 1.82) is 0 Å². The zero-order valence-corrected chi connectivity index (χ0v) is 11.7. The van der Waals surface area contributed by atoms with Crippen molar-refractivity contribution < 1.29 is 5.11 Å². The molecule has 18 heavy (non-hydrogen) atoms. The van der Waals surface area contributed by atoms with Crippen molar-refractivity contribution >= 4 is 17.4 Å². The van der Waals surface area contributed by atoms with E-state index in [1.165, 1.54) is 17.1 Å². The zero-order chi connectivity index (χ0) is 13.1. The minimum Gasteiger partial charge on any atom is -0.394 e. The monoisotopic (exact) mass is 266 g/mol. The number of aromatic nitrogens is 3. The van der Waals surface area contributed by atoms with E-state index in [2.05, 4.69) is 20.2 Å². The van der Waals surface area contributed by atoms with Crippen LogP contribution in [0.3, 0.4) is 0 Å². The minimum absolute atomic E-state index is 0.0915. The predicted molar refractivity (Wildman–Crippen MR) is 73.0 cm³/mol. The molecule has 2 aromatic heterocycles. The summed E-state index contributed by atoms with van der Waals surface area (Å²) in [5, 5.41) is 18.9. The normalized spacial score (nSPS) is 10.9. The summed E-state index contributed by atoms with van der Waals surface area (Å²) in [6, 6.07) is 0. The van der Waals surface area contributed by atoms with Gasteiger partial charge in [0.25, 0.3) is 0 Å². The first kappa shape index (κ1) is 13.0. The molecule has 2 aromatic rings. The summed E-state index contributed by atoms with van der Waals surface area (Å²) in [5.41, 5.74) is 4.39. The van der Waals surface area contributed by atoms with E-state index >= 15 is 0 Å². The van der Waals surface area contributed by atoms with Crippen LogP contribution in [-0.2, 0) is 13.1 Å². The Morgan fingerprint density at radius 2 is 2.11 bits per heavy atom.